The molecule has 16 heavy (non-hydrogen) atoms. The molecule has 0 rings (SSSR count). The summed E-state index contributed by atoms with van der Waals surface area (Å²) in [6, 6.07) is -0.0584. The van der Waals surface area contributed by atoms with Crippen LogP contribution in [-0.2, 0) is 11.0 Å². The second kappa shape index (κ2) is 7.86. The average molecular weight is 243 g/mol. The van der Waals surface area contributed by atoms with Crippen molar-refractivity contribution >= 4 is 11.0 Å². The van der Waals surface area contributed by atoms with Crippen LogP contribution in [0, 0.1) is 12.3 Å². The Morgan fingerprint density at radius 3 is 2.38 bits per heavy atom. The van der Waals surface area contributed by atoms with Gasteiger partial charge in [0.05, 0.1) is 21.8 Å². The highest BCUT2D eigenvalue weighted by Crippen LogP contribution is 2.11. The predicted octanol–water partition coefficient (Wildman–Crippen LogP) is 3.01. The second-order valence-corrected chi connectivity index (χ2v) is 7.07. The highest BCUT2D eigenvalue weighted by Gasteiger charge is 2.21. The van der Waals surface area contributed by atoms with E-state index in [1.54, 1.807) is 0 Å². The monoisotopic (exact) mass is 243 g/mol. The molecule has 0 aromatic rings. The van der Waals surface area contributed by atoms with Crippen molar-refractivity contribution in [2.24, 2.45) is 0 Å². The molecule has 0 fully saturated rings. The van der Waals surface area contributed by atoms with Crippen molar-refractivity contribution < 1.29 is 4.21 Å². The van der Waals surface area contributed by atoms with Crippen molar-refractivity contribution in [1.29, 1.82) is 0 Å². The summed E-state index contributed by atoms with van der Waals surface area (Å²) in [5.74, 6) is 2.68. The van der Waals surface area contributed by atoms with E-state index in [0.29, 0.717) is 0 Å². The molecule has 1 N–H and O–H groups in total. The maximum absolute atomic E-state index is 11.8. The third-order valence-corrected chi connectivity index (χ3v) is 3.96. The molecule has 0 aliphatic rings. The van der Waals surface area contributed by atoms with Crippen LogP contribution in [-0.4, -0.2) is 15.0 Å². The zero-order valence-electron chi connectivity index (χ0n) is 11.0. The van der Waals surface area contributed by atoms with Crippen LogP contribution in [0.5, 0.6) is 0 Å². The van der Waals surface area contributed by atoms with Gasteiger partial charge in [0, 0.05) is 0 Å². The second-order valence-electron chi connectivity index (χ2n) is 5.07. The lowest BCUT2D eigenvalue weighted by molar-refractivity contribution is 0.573. The highest BCUT2D eigenvalue weighted by atomic mass is 32.2. The molecule has 0 aromatic carbocycles. The fraction of sp³-hybridized carbons (Fsp3) is 0.846. The van der Waals surface area contributed by atoms with E-state index in [1.165, 1.54) is 19.3 Å². The molecular weight excluding hydrogens is 218 g/mol. The van der Waals surface area contributed by atoms with Gasteiger partial charge in [-0.05, 0) is 27.2 Å². The van der Waals surface area contributed by atoms with Gasteiger partial charge in [-0.3, -0.25) is 0 Å². The van der Waals surface area contributed by atoms with Gasteiger partial charge in [0.2, 0.25) is 0 Å². The van der Waals surface area contributed by atoms with E-state index in [4.69, 9.17) is 6.42 Å². The van der Waals surface area contributed by atoms with E-state index in [9.17, 15) is 4.21 Å². The van der Waals surface area contributed by atoms with E-state index in [2.05, 4.69) is 17.6 Å². The van der Waals surface area contributed by atoms with Crippen molar-refractivity contribution in [3.05, 3.63) is 0 Å². The lowest BCUT2D eigenvalue weighted by Crippen LogP contribution is -2.39. The minimum atomic E-state index is -1.07. The van der Waals surface area contributed by atoms with E-state index in [-0.39, 0.29) is 10.8 Å². The molecule has 0 amide bonds. The SMILES string of the molecule is C#C[C@H](CCCCCC)N[S@@](=O)C(C)(C)C. The largest absolute Gasteiger partial charge is 0.242 e. The first kappa shape index (κ1) is 15.7. The molecule has 94 valence electrons. The third kappa shape index (κ3) is 7.03. The van der Waals surface area contributed by atoms with Gasteiger partial charge in [0.15, 0.2) is 0 Å². The Balaban J connectivity index is 3.94. The van der Waals surface area contributed by atoms with Crippen LogP contribution in [0.1, 0.15) is 59.8 Å². The van der Waals surface area contributed by atoms with E-state index >= 15 is 0 Å². The Hall–Kier alpha value is -0.330. The van der Waals surface area contributed by atoms with Crippen LogP contribution in [0.25, 0.3) is 0 Å². The summed E-state index contributed by atoms with van der Waals surface area (Å²) in [5, 5.41) is 0. The van der Waals surface area contributed by atoms with Gasteiger partial charge in [-0.25, -0.2) is 8.93 Å². The maximum atomic E-state index is 11.8. The zero-order chi connectivity index (χ0) is 12.6. The molecule has 3 heteroatoms. The lowest BCUT2D eigenvalue weighted by Gasteiger charge is -2.21. The predicted molar refractivity (Wildman–Crippen MR) is 72.4 cm³/mol. The molecule has 0 aliphatic heterocycles. The Kier molecular flexibility index (Phi) is 7.70. The van der Waals surface area contributed by atoms with Crippen molar-refractivity contribution in [3.8, 4) is 12.3 Å². The molecule has 0 unspecified atom stereocenters. The van der Waals surface area contributed by atoms with Crippen molar-refractivity contribution in [2.75, 3.05) is 0 Å². The number of rotatable bonds is 7. The number of hydrogen-bond donors (Lipinski definition) is 1. The van der Waals surface area contributed by atoms with Crippen LogP contribution in [0.2, 0.25) is 0 Å². The lowest BCUT2D eigenvalue weighted by atomic mass is 10.1. The van der Waals surface area contributed by atoms with Crippen LogP contribution >= 0.6 is 0 Å². The first-order valence-electron chi connectivity index (χ1n) is 6.06. The number of nitrogens with one attached hydrogen (secondary N) is 1. The van der Waals surface area contributed by atoms with Gasteiger partial charge in [0.25, 0.3) is 0 Å². The van der Waals surface area contributed by atoms with Crippen LogP contribution < -0.4 is 4.72 Å². The Bertz CT molecular complexity index is 250. The molecule has 0 saturated heterocycles. The summed E-state index contributed by atoms with van der Waals surface area (Å²) in [6.07, 6.45) is 11.1. The van der Waals surface area contributed by atoms with Gasteiger partial charge >= 0.3 is 0 Å². The molecule has 0 spiro atoms. The first-order chi connectivity index (χ1) is 7.41. The Morgan fingerprint density at radius 1 is 1.31 bits per heavy atom. The Labute approximate surface area is 103 Å². The zero-order valence-corrected chi connectivity index (χ0v) is 11.8. The summed E-state index contributed by atoms with van der Waals surface area (Å²) >= 11 is 0. The van der Waals surface area contributed by atoms with Crippen LogP contribution in [0.15, 0.2) is 0 Å². The number of hydrogen-bond acceptors (Lipinski definition) is 1. The fourth-order valence-corrected chi connectivity index (χ4v) is 2.06. The first-order valence-corrected chi connectivity index (χ1v) is 7.21. The molecule has 0 aliphatic carbocycles. The van der Waals surface area contributed by atoms with E-state index in [1.807, 2.05) is 20.8 Å². The molecule has 2 nitrogen and oxygen atoms in total. The molecular formula is C13H25NOS. The topological polar surface area (TPSA) is 29.1 Å². The van der Waals surface area contributed by atoms with E-state index < -0.39 is 11.0 Å². The van der Waals surface area contributed by atoms with Crippen LogP contribution in [0.4, 0.5) is 0 Å². The van der Waals surface area contributed by atoms with Gasteiger partial charge in [-0.2, -0.15) is 0 Å². The molecule has 0 bridgehead atoms. The molecule has 0 radical (unpaired) electrons. The van der Waals surface area contributed by atoms with Crippen molar-refractivity contribution in [3.63, 3.8) is 0 Å². The molecule has 0 heterocycles. The average Bonchev–Trinajstić information content (AvgIpc) is 2.20. The smallest absolute Gasteiger partial charge is 0.0981 e. The minimum absolute atomic E-state index is 0.0584. The van der Waals surface area contributed by atoms with Crippen molar-refractivity contribution in [1.82, 2.24) is 4.72 Å². The van der Waals surface area contributed by atoms with Gasteiger partial charge in [0.1, 0.15) is 0 Å². The number of unbranched alkanes of at least 4 members (excludes halogenated alkanes) is 3. The molecule has 0 aromatic heterocycles. The minimum Gasteiger partial charge on any atom is -0.242 e. The molecule has 2 atom stereocenters. The summed E-state index contributed by atoms with van der Waals surface area (Å²) in [4.78, 5) is 0. The van der Waals surface area contributed by atoms with Crippen LogP contribution in [0.3, 0.4) is 0 Å². The Morgan fingerprint density at radius 2 is 1.94 bits per heavy atom. The number of terminal acetylenes is 1. The van der Waals surface area contributed by atoms with Crippen molar-refractivity contribution in [2.45, 2.75) is 70.6 Å². The summed E-state index contributed by atoms with van der Waals surface area (Å²) in [5.41, 5.74) is 0. The maximum Gasteiger partial charge on any atom is 0.0981 e. The fourth-order valence-electron chi connectivity index (χ4n) is 1.26. The van der Waals surface area contributed by atoms with E-state index in [0.717, 1.165) is 12.8 Å². The van der Waals surface area contributed by atoms with Gasteiger partial charge in [-0.1, -0.05) is 38.5 Å². The van der Waals surface area contributed by atoms with Gasteiger partial charge < -0.3 is 0 Å². The normalized spacial score (nSPS) is 15.4. The summed E-state index contributed by atoms with van der Waals surface area (Å²) in [7, 11) is -1.07. The van der Waals surface area contributed by atoms with Gasteiger partial charge in [-0.15, -0.1) is 6.42 Å². The summed E-state index contributed by atoms with van der Waals surface area (Å²) in [6.45, 7) is 8.02. The summed E-state index contributed by atoms with van der Waals surface area (Å²) < 4.78 is 14.6. The molecule has 0 saturated carbocycles. The highest BCUT2D eigenvalue weighted by molar-refractivity contribution is 7.84. The standard InChI is InChI=1S/C13H25NOS/c1-6-8-9-10-11-12(7-2)14-16(15)13(3,4)5/h2,12,14H,6,8-11H2,1,3-5H3/t12-,16+/m1/s1. The third-order valence-electron chi connectivity index (χ3n) is 2.35. The quantitative estimate of drug-likeness (QED) is 0.540.